The van der Waals surface area contributed by atoms with E-state index in [9.17, 15) is 9.00 Å². The molecule has 1 aromatic rings. The molecule has 0 N–H and O–H groups in total. The van der Waals surface area contributed by atoms with Gasteiger partial charge in [0.05, 0.1) is 26.6 Å². The summed E-state index contributed by atoms with van der Waals surface area (Å²) in [5.41, 5.74) is 0. The van der Waals surface area contributed by atoms with Gasteiger partial charge in [-0.1, -0.05) is 30.1 Å². The zero-order valence-electron chi connectivity index (χ0n) is 8.13. The monoisotopic (exact) mass is 264 g/mol. The summed E-state index contributed by atoms with van der Waals surface area (Å²) >= 11 is 11.5. The number of hydrogen-bond donors (Lipinski definition) is 0. The summed E-state index contributed by atoms with van der Waals surface area (Å²) in [5.74, 6) is 0.00784. The standard InChI is InChI=1S/C10H10Cl2O2S/c1-2-7(13)6-15(14)8-3-4-9(11)10(12)5-8/h3-5H,2,6H2,1H3. The molecule has 15 heavy (non-hydrogen) atoms. The SMILES string of the molecule is CCC(=O)CS(=O)c1ccc(Cl)c(Cl)c1. The number of carbonyl (C=O) groups is 1. The minimum Gasteiger partial charge on any atom is -0.299 e. The highest BCUT2D eigenvalue weighted by Gasteiger charge is 2.10. The Bertz CT molecular complexity index is 404. The maximum atomic E-state index is 11.7. The van der Waals surface area contributed by atoms with Crippen LogP contribution in [-0.4, -0.2) is 15.7 Å². The lowest BCUT2D eigenvalue weighted by Crippen LogP contribution is -2.09. The number of ketones is 1. The van der Waals surface area contributed by atoms with E-state index in [0.717, 1.165) is 0 Å². The minimum absolute atomic E-state index is 0.0283. The Morgan fingerprint density at radius 3 is 2.53 bits per heavy atom. The molecule has 1 aromatic carbocycles. The Kier molecular flexibility index (Phi) is 4.77. The highest BCUT2D eigenvalue weighted by molar-refractivity contribution is 7.85. The predicted molar refractivity (Wildman–Crippen MR) is 63.0 cm³/mol. The molecule has 0 aromatic heterocycles. The van der Waals surface area contributed by atoms with E-state index >= 15 is 0 Å². The van der Waals surface area contributed by atoms with Gasteiger partial charge in [-0.05, 0) is 18.2 Å². The molecule has 0 fully saturated rings. The Labute approximate surface area is 101 Å². The molecular weight excluding hydrogens is 255 g/mol. The summed E-state index contributed by atoms with van der Waals surface area (Å²) in [7, 11) is -1.32. The number of hydrogen-bond acceptors (Lipinski definition) is 2. The van der Waals surface area contributed by atoms with Crippen LogP contribution in [0.3, 0.4) is 0 Å². The lowest BCUT2D eigenvalue weighted by atomic mass is 10.3. The van der Waals surface area contributed by atoms with Crippen LogP contribution in [0.25, 0.3) is 0 Å². The molecule has 0 saturated heterocycles. The summed E-state index contributed by atoms with van der Waals surface area (Å²) in [5, 5.41) is 0.769. The van der Waals surface area contributed by atoms with Crippen LogP contribution in [0.5, 0.6) is 0 Å². The molecular formula is C10H10Cl2O2S. The Hall–Kier alpha value is -0.380. The zero-order chi connectivity index (χ0) is 11.4. The summed E-state index contributed by atoms with van der Waals surface area (Å²) < 4.78 is 11.7. The third-order valence-electron chi connectivity index (χ3n) is 1.84. The molecule has 0 amide bonds. The summed E-state index contributed by atoms with van der Waals surface area (Å²) in [6.45, 7) is 1.74. The van der Waals surface area contributed by atoms with Crippen LogP contribution in [0.4, 0.5) is 0 Å². The van der Waals surface area contributed by atoms with Gasteiger partial charge in [0, 0.05) is 11.3 Å². The van der Waals surface area contributed by atoms with Gasteiger partial charge in [0.2, 0.25) is 0 Å². The summed E-state index contributed by atoms with van der Waals surface area (Å²) in [6, 6.07) is 4.73. The molecule has 0 aliphatic rings. The number of rotatable bonds is 4. The van der Waals surface area contributed by atoms with Crippen molar-refractivity contribution < 1.29 is 9.00 Å². The first kappa shape index (κ1) is 12.7. The highest BCUT2D eigenvalue weighted by atomic mass is 35.5. The molecule has 0 radical (unpaired) electrons. The van der Waals surface area contributed by atoms with Gasteiger partial charge in [-0.15, -0.1) is 0 Å². The minimum atomic E-state index is -1.32. The predicted octanol–water partition coefficient (Wildman–Crippen LogP) is 3.08. The molecule has 0 aliphatic carbocycles. The normalized spacial score (nSPS) is 12.5. The molecule has 0 heterocycles. The van der Waals surface area contributed by atoms with Crippen molar-refractivity contribution in [2.24, 2.45) is 0 Å². The van der Waals surface area contributed by atoms with Gasteiger partial charge in [-0.25, -0.2) is 0 Å². The first-order valence-corrected chi connectivity index (χ1v) is 6.47. The van der Waals surface area contributed by atoms with Crippen molar-refractivity contribution in [2.75, 3.05) is 5.75 Å². The van der Waals surface area contributed by atoms with Crippen LogP contribution >= 0.6 is 23.2 Å². The van der Waals surface area contributed by atoms with Crippen LogP contribution in [-0.2, 0) is 15.6 Å². The van der Waals surface area contributed by atoms with Gasteiger partial charge in [-0.2, -0.15) is 0 Å². The fourth-order valence-corrected chi connectivity index (χ4v) is 2.45. The average Bonchev–Trinajstić information content (AvgIpc) is 2.21. The van der Waals surface area contributed by atoms with Crippen molar-refractivity contribution in [3.05, 3.63) is 28.2 Å². The molecule has 1 atom stereocenters. The van der Waals surface area contributed by atoms with Crippen LogP contribution in [0, 0.1) is 0 Å². The molecule has 82 valence electrons. The maximum Gasteiger partial charge on any atom is 0.145 e. The number of carbonyl (C=O) groups excluding carboxylic acids is 1. The summed E-state index contributed by atoms with van der Waals surface area (Å²) in [4.78, 5) is 11.6. The Morgan fingerprint density at radius 2 is 2.00 bits per heavy atom. The molecule has 2 nitrogen and oxygen atoms in total. The molecule has 1 rings (SSSR count). The first-order chi connectivity index (χ1) is 7.04. The van der Waals surface area contributed by atoms with E-state index < -0.39 is 10.8 Å². The van der Waals surface area contributed by atoms with E-state index in [0.29, 0.717) is 21.4 Å². The van der Waals surface area contributed by atoms with E-state index in [1.165, 1.54) is 6.07 Å². The second-order valence-corrected chi connectivity index (χ2v) is 5.22. The molecule has 0 aliphatic heterocycles. The van der Waals surface area contributed by atoms with Crippen LogP contribution in [0.1, 0.15) is 13.3 Å². The van der Waals surface area contributed by atoms with Gasteiger partial charge >= 0.3 is 0 Å². The number of benzene rings is 1. The van der Waals surface area contributed by atoms with Crippen molar-refractivity contribution in [2.45, 2.75) is 18.2 Å². The van der Waals surface area contributed by atoms with E-state index in [2.05, 4.69) is 0 Å². The second kappa shape index (κ2) is 5.64. The Balaban J connectivity index is 2.83. The molecule has 1 unspecified atom stereocenters. The fraction of sp³-hybridized carbons (Fsp3) is 0.300. The fourth-order valence-electron chi connectivity index (χ4n) is 0.950. The quantitative estimate of drug-likeness (QED) is 0.838. The lowest BCUT2D eigenvalue weighted by Gasteiger charge is -2.02. The molecule has 0 spiro atoms. The highest BCUT2D eigenvalue weighted by Crippen LogP contribution is 2.24. The van der Waals surface area contributed by atoms with Gasteiger partial charge in [0.15, 0.2) is 0 Å². The van der Waals surface area contributed by atoms with Crippen molar-refractivity contribution in [1.29, 1.82) is 0 Å². The summed E-state index contributed by atoms with van der Waals surface area (Å²) in [6.07, 6.45) is 0.396. The van der Waals surface area contributed by atoms with Crippen molar-refractivity contribution in [3.63, 3.8) is 0 Å². The average molecular weight is 265 g/mol. The first-order valence-electron chi connectivity index (χ1n) is 4.39. The molecule has 0 bridgehead atoms. The third-order valence-corrected chi connectivity index (χ3v) is 3.94. The van der Waals surface area contributed by atoms with E-state index in [4.69, 9.17) is 23.2 Å². The number of halogens is 2. The van der Waals surface area contributed by atoms with Gasteiger partial charge < -0.3 is 0 Å². The van der Waals surface area contributed by atoms with Crippen molar-refractivity contribution >= 4 is 39.8 Å². The van der Waals surface area contributed by atoms with Gasteiger partial charge in [-0.3, -0.25) is 9.00 Å². The third kappa shape index (κ3) is 3.59. The van der Waals surface area contributed by atoms with Crippen LogP contribution in [0.15, 0.2) is 23.1 Å². The van der Waals surface area contributed by atoms with Crippen LogP contribution < -0.4 is 0 Å². The number of Topliss-reactive ketones (excluding diaryl/α,β-unsaturated/α-hetero) is 1. The van der Waals surface area contributed by atoms with Gasteiger partial charge in [0.1, 0.15) is 5.78 Å². The van der Waals surface area contributed by atoms with Crippen LogP contribution in [0.2, 0.25) is 10.0 Å². The van der Waals surface area contributed by atoms with Crippen molar-refractivity contribution in [3.8, 4) is 0 Å². The largest absolute Gasteiger partial charge is 0.299 e. The Morgan fingerprint density at radius 1 is 1.33 bits per heavy atom. The second-order valence-electron chi connectivity index (χ2n) is 2.96. The lowest BCUT2D eigenvalue weighted by molar-refractivity contribution is -0.116. The molecule has 5 heteroatoms. The van der Waals surface area contributed by atoms with Crippen molar-refractivity contribution in [1.82, 2.24) is 0 Å². The maximum absolute atomic E-state index is 11.7. The smallest absolute Gasteiger partial charge is 0.145 e. The van der Waals surface area contributed by atoms with E-state index in [-0.39, 0.29) is 11.5 Å². The zero-order valence-corrected chi connectivity index (χ0v) is 10.5. The van der Waals surface area contributed by atoms with E-state index in [1.54, 1.807) is 19.1 Å². The topological polar surface area (TPSA) is 34.1 Å². The molecule has 0 saturated carbocycles. The van der Waals surface area contributed by atoms with E-state index in [1.807, 2.05) is 0 Å². The van der Waals surface area contributed by atoms with Gasteiger partial charge in [0.25, 0.3) is 0 Å².